The van der Waals surface area contributed by atoms with E-state index in [9.17, 15) is 0 Å². The van der Waals surface area contributed by atoms with Gasteiger partial charge >= 0.3 is 0 Å². The fourth-order valence-electron chi connectivity index (χ4n) is 3.45. The summed E-state index contributed by atoms with van der Waals surface area (Å²) in [6, 6.07) is 16.7. The summed E-state index contributed by atoms with van der Waals surface area (Å²) >= 11 is 6.06. The molecule has 4 rings (SSSR count). The molecule has 1 aliphatic carbocycles. The van der Waals surface area contributed by atoms with Gasteiger partial charge in [0.2, 0.25) is 5.95 Å². The van der Waals surface area contributed by atoms with Gasteiger partial charge in [0.25, 0.3) is 0 Å². The van der Waals surface area contributed by atoms with Gasteiger partial charge in [0.1, 0.15) is 0 Å². The van der Waals surface area contributed by atoms with Gasteiger partial charge in [-0.05, 0) is 41.7 Å². The van der Waals surface area contributed by atoms with Crippen molar-refractivity contribution in [2.45, 2.75) is 25.7 Å². The average molecular weight is 350 g/mol. The predicted molar refractivity (Wildman–Crippen MR) is 103 cm³/mol. The summed E-state index contributed by atoms with van der Waals surface area (Å²) in [5, 5.41) is 4.05. The van der Waals surface area contributed by atoms with Crippen LogP contribution in [0.4, 0.5) is 5.95 Å². The van der Waals surface area contributed by atoms with Crippen molar-refractivity contribution in [2.75, 3.05) is 11.9 Å². The van der Waals surface area contributed by atoms with Gasteiger partial charge in [0.15, 0.2) is 0 Å². The lowest BCUT2D eigenvalue weighted by molar-refractivity contribution is 0.781. The fourth-order valence-corrected chi connectivity index (χ4v) is 3.58. The number of nitrogens with one attached hydrogen (secondary N) is 1. The zero-order valence-electron chi connectivity index (χ0n) is 14.2. The van der Waals surface area contributed by atoms with E-state index in [4.69, 9.17) is 16.6 Å². The van der Waals surface area contributed by atoms with Gasteiger partial charge in [-0.2, -0.15) is 0 Å². The second-order valence-electron chi connectivity index (χ2n) is 6.39. The molecule has 3 nitrogen and oxygen atoms in total. The Morgan fingerprint density at radius 1 is 1.12 bits per heavy atom. The van der Waals surface area contributed by atoms with Crippen LogP contribution in [0.1, 0.15) is 36.0 Å². The Bertz CT molecular complexity index is 890. The monoisotopic (exact) mass is 349 g/mol. The van der Waals surface area contributed by atoms with E-state index < -0.39 is 0 Å². The normalized spacial score (nSPS) is 15.4. The summed E-state index contributed by atoms with van der Waals surface area (Å²) in [6.45, 7) is 3.02. The number of aromatic nitrogens is 2. The molecule has 0 bridgehead atoms. The van der Waals surface area contributed by atoms with Crippen molar-refractivity contribution in [3.63, 3.8) is 0 Å². The van der Waals surface area contributed by atoms with E-state index in [1.54, 1.807) is 0 Å². The zero-order chi connectivity index (χ0) is 17.2. The third-order valence-electron chi connectivity index (χ3n) is 4.69. The van der Waals surface area contributed by atoms with Crippen LogP contribution in [-0.4, -0.2) is 16.5 Å². The highest BCUT2D eigenvalue weighted by atomic mass is 35.5. The Balaban J connectivity index is 1.78. The lowest BCUT2D eigenvalue weighted by atomic mass is 9.78. The molecule has 0 radical (unpaired) electrons. The highest BCUT2D eigenvalue weighted by Crippen LogP contribution is 2.41. The number of hydrogen-bond acceptors (Lipinski definition) is 3. The minimum Gasteiger partial charge on any atom is -0.354 e. The van der Waals surface area contributed by atoms with Crippen molar-refractivity contribution in [2.24, 2.45) is 0 Å². The van der Waals surface area contributed by atoms with Gasteiger partial charge in [0, 0.05) is 29.2 Å². The van der Waals surface area contributed by atoms with Crippen LogP contribution in [0.2, 0.25) is 5.02 Å². The zero-order valence-corrected chi connectivity index (χ0v) is 14.9. The van der Waals surface area contributed by atoms with Gasteiger partial charge in [-0.3, -0.25) is 0 Å². The molecule has 0 saturated heterocycles. The number of benzene rings is 2. The number of fused-ring (bicyclic) bond motifs is 3. The number of halogens is 1. The number of hydrogen-bond donors (Lipinski definition) is 1. The highest BCUT2D eigenvalue weighted by molar-refractivity contribution is 6.30. The molecule has 1 heterocycles. The van der Waals surface area contributed by atoms with E-state index in [1.807, 2.05) is 18.3 Å². The topological polar surface area (TPSA) is 37.8 Å². The molecule has 0 saturated carbocycles. The molecular formula is C21H20ClN3. The lowest BCUT2D eigenvalue weighted by Gasteiger charge is -2.27. The van der Waals surface area contributed by atoms with E-state index in [-0.39, 0.29) is 0 Å². The summed E-state index contributed by atoms with van der Waals surface area (Å²) < 4.78 is 0. The molecule has 1 atom stereocenters. The molecular weight excluding hydrogens is 330 g/mol. The van der Waals surface area contributed by atoms with Crippen LogP contribution in [-0.2, 0) is 6.42 Å². The summed E-state index contributed by atoms with van der Waals surface area (Å²) in [4.78, 5) is 9.29. The molecule has 0 amide bonds. The Morgan fingerprint density at radius 3 is 2.72 bits per heavy atom. The molecule has 0 fully saturated rings. The average Bonchev–Trinajstić information content (AvgIpc) is 2.66. The van der Waals surface area contributed by atoms with E-state index >= 15 is 0 Å². The highest BCUT2D eigenvalue weighted by Gasteiger charge is 2.27. The maximum atomic E-state index is 6.06. The standard InChI is InChI=1S/C21H20ClN3/c1-2-11-23-21-24-13-15-12-19(14-7-9-16(22)10-8-14)17-5-3-4-6-18(17)20(15)25-21/h3-10,13,19H,2,11-12H2,1H3,(H,23,24,25). The summed E-state index contributed by atoms with van der Waals surface area (Å²) in [5.74, 6) is 1.01. The van der Waals surface area contributed by atoms with Crippen molar-refractivity contribution < 1.29 is 0 Å². The lowest BCUT2D eigenvalue weighted by Crippen LogP contribution is -2.15. The Hall–Kier alpha value is -2.39. The van der Waals surface area contributed by atoms with Crippen molar-refractivity contribution in [1.82, 2.24) is 9.97 Å². The first-order valence-electron chi connectivity index (χ1n) is 8.71. The number of anilines is 1. The smallest absolute Gasteiger partial charge is 0.223 e. The van der Waals surface area contributed by atoms with Crippen molar-refractivity contribution in [1.29, 1.82) is 0 Å². The van der Waals surface area contributed by atoms with Gasteiger partial charge in [0.05, 0.1) is 5.69 Å². The Labute approximate surface area is 153 Å². The predicted octanol–water partition coefficient (Wildman–Crippen LogP) is 5.31. The molecule has 1 N–H and O–H groups in total. The van der Waals surface area contributed by atoms with Crippen molar-refractivity contribution >= 4 is 17.5 Å². The van der Waals surface area contributed by atoms with E-state index in [2.05, 4.69) is 53.6 Å². The second kappa shape index (κ2) is 6.85. The molecule has 126 valence electrons. The minimum absolute atomic E-state index is 0.305. The third-order valence-corrected chi connectivity index (χ3v) is 4.94. The van der Waals surface area contributed by atoms with E-state index in [0.29, 0.717) is 11.9 Å². The second-order valence-corrected chi connectivity index (χ2v) is 6.83. The molecule has 4 heteroatoms. The first-order chi connectivity index (χ1) is 12.3. The minimum atomic E-state index is 0.305. The largest absolute Gasteiger partial charge is 0.354 e. The molecule has 0 aliphatic heterocycles. The number of rotatable bonds is 4. The maximum absolute atomic E-state index is 6.06. The fraction of sp³-hybridized carbons (Fsp3) is 0.238. The Morgan fingerprint density at radius 2 is 1.92 bits per heavy atom. The van der Waals surface area contributed by atoms with Crippen molar-refractivity contribution in [3.05, 3.63) is 76.4 Å². The van der Waals surface area contributed by atoms with Crippen LogP contribution in [0.15, 0.2) is 54.7 Å². The van der Waals surface area contributed by atoms with Crippen LogP contribution in [0, 0.1) is 0 Å². The van der Waals surface area contributed by atoms with Gasteiger partial charge in [-0.1, -0.05) is 54.9 Å². The summed E-state index contributed by atoms with van der Waals surface area (Å²) in [5.41, 5.74) is 6.04. The maximum Gasteiger partial charge on any atom is 0.223 e. The quantitative estimate of drug-likeness (QED) is 0.693. The first-order valence-corrected chi connectivity index (χ1v) is 9.08. The van der Waals surface area contributed by atoms with Crippen LogP contribution in [0.25, 0.3) is 11.3 Å². The number of nitrogens with zero attached hydrogens (tertiary/aromatic N) is 2. The van der Waals surface area contributed by atoms with Crippen LogP contribution < -0.4 is 5.32 Å². The molecule has 0 spiro atoms. The van der Waals surface area contributed by atoms with Crippen LogP contribution >= 0.6 is 11.6 Å². The molecule has 1 aliphatic rings. The van der Waals surface area contributed by atoms with E-state index in [0.717, 1.165) is 30.1 Å². The summed E-state index contributed by atoms with van der Waals surface area (Å²) in [7, 11) is 0. The van der Waals surface area contributed by atoms with Crippen molar-refractivity contribution in [3.8, 4) is 11.3 Å². The molecule has 3 aromatic rings. The molecule has 1 aromatic heterocycles. The Kier molecular flexibility index (Phi) is 4.41. The van der Waals surface area contributed by atoms with Crippen LogP contribution in [0.3, 0.4) is 0 Å². The van der Waals surface area contributed by atoms with Gasteiger partial charge in [-0.25, -0.2) is 9.97 Å². The van der Waals surface area contributed by atoms with Gasteiger partial charge in [-0.15, -0.1) is 0 Å². The molecule has 2 aromatic carbocycles. The van der Waals surface area contributed by atoms with E-state index in [1.165, 1.54) is 22.3 Å². The third kappa shape index (κ3) is 3.12. The molecule has 25 heavy (non-hydrogen) atoms. The SMILES string of the molecule is CCCNc1ncc2c(n1)-c1ccccc1C(c1ccc(Cl)cc1)C2. The summed E-state index contributed by atoms with van der Waals surface area (Å²) in [6.07, 6.45) is 3.93. The van der Waals surface area contributed by atoms with Gasteiger partial charge < -0.3 is 5.32 Å². The van der Waals surface area contributed by atoms with Crippen LogP contribution in [0.5, 0.6) is 0 Å². The molecule has 1 unspecified atom stereocenters. The first kappa shape index (κ1) is 16.1.